The van der Waals surface area contributed by atoms with E-state index in [4.69, 9.17) is 0 Å². The minimum Gasteiger partial charge on any atom is -0.353 e. The monoisotopic (exact) mass is 330 g/mol. The van der Waals surface area contributed by atoms with Gasteiger partial charge >= 0.3 is 0 Å². The first-order chi connectivity index (χ1) is 11.4. The summed E-state index contributed by atoms with van der Waals surface area (Å²) in [5.74, 6) is 0.477. The molecular weight excluding hydrogens is 304 g/mol. The molecule has 0 aromatic carbocycles. The zero-order chi connectivity index (χ0) is 17.3. The molecule has 2 aromatic heterocycles. The Morgan fingerprint density at radius 3 is 2.79 bits per heavy atom. The first kappa shape index (κ1) is 16.7. The molecule has 1 fully saturated rings. The Labute approximate surface area is 142 Å². The van der Waals surface area contributed by atoms with Gasteiger partial charge in [0.05, 0.1) is 18.4 Å². The van der Waals surface area contributed by atoms with E-state index in [0.29, 0.717) is 12.5 Å². The zero-order valence-corrected chi connectivity index (χ0v) is 14.9. The highest BCUT2D eigenvalue weighted by molar-refractivity contribution is 5.73. The molecule has 2 atom stereocenters. The molecule has 1 amide bonds. The lowest BCUT2D eigenvalue weighted by Crippen LogP contribution is -2.37. The molecule has 7 nitrogen and oxygen atoms in total. The fraction of sp³-hybridized carbons (Fsp3) is 0.647. The van der Waals surface area contributed by atoms with E-state index in [9.17, 15) is 4.79 Å². The standard InChI is InChI=1S/C17H26N6O/c1-11-12(2)20-23(13(11)3)10-16-9-22(21-19-16)8-15-6-5-7-17(15)18-14(4)24/h9,15,17H,5-8,10H2,1-4H3,(H,18,24)/t15-,17-/m1/s1. The molecule has 7 heteroatoms. The third kappa shape index (κ3) is 3.49. The molecule has 0 unspecified atom stereocenters. The van der Waals surface area contributed by atoms with Gasteiger partial charge in [-0.1, -0.05) is 11.6 Å². The summed E-state index contributed by atoms with van der Waals surface area (Å²) in [6, 6.07) is 0.258. The molecule has 0 saturated heterocycles. The van der Waals surface area contributed by atoms with Crippen LogP contribution in [0.15, 0.2) is 6.20 Å². The molecular formula is C17H26N6O. The second-order valence-electron chi connectivity index (χ2n) is 6.88. The number of nitrogens with zero attached hydrogens (tertiary/aromatic N) is 5. The molecule has 2 aromatic rings. The van der Waals surface area contributed by atoms with Crippen LogP contribution in [-0.4, -0.2) is 36.7 Å². The van der Waals surface area contributed by atoms with Crippen LogP contribution in [0.25, 0.3) is 0 Å². The molecule has 0 radical (unpaired) electrons. The largest absolute Gasteiger partial charge is 0.353 e. The second kappa shape index (κ2) is 6.75. The highest BCUT2D eigenvalue weighted by atomic mass is 16.1. The zero-order valence-electron chi connectivity index (χ0n) is 14.9. The number of hydrogen-bond acceptors (Lipinski definition) is 4. The van der Waals surface area contributed by atoms with Gasteiger partial charge in [-0.05, 0) is 45.1 Å². The predicted octanol–water partition coefficient (Wildman–Crippen LogP) is 1.75. The van der Waals surface area contributed by atoms with Crippen molar-refractivity contribution in [3.05, 3.63) is 28.8 Å². The molecule has 1 N–H and O–H groups in total. The van der Waals surface area contributed by atoms with Gasteiger partial charge in [-0.3, -0.25) is 14.2 Å². The van der Waals surface area contributed by atoms with Crippen LogP contribution in [0.1, 0.15) is 48.8 Å². The van der Waals surface area contributed by atoms with Crippen LogP contribution >= 0.6 is 0 Å². The first-order valence-electron chi connectivity index (χ1n) is 8.60. The number of carbonyl (C=O) groups excluding carboxylic acids is 1. The molecule has 0 bridgehead atoms. The SMILES string of the molecule is CC(=O)N[C@@H]1CCC[C@@H]1Cn1cc(Cn2nc(C)c(C)c2C)nn1. The van der Waals surface area contributed by atoms with Gasteiger partial charge in [0.25, 0.3) is 0 Å². The van der Waals surface area contributed by atoms with Gasteiger partial charge in [0, 0.05) is 25.2 Å². The average molecular weight is 330 g/mol. The maximum absolute atomic E-state index is 11.3. The minimum absolute atomic E-state index is 0.0473. The molecule has 1 aliphatic rings. The highest BCUT2D eigenvalue weighted by Crippen LogP contribution is 2.27. The number of amides is 1. The van der Waals surface area contributed by atoms with Crippen LogP contribution in [0.2, 0.25) is 0 Å². The molecule has 2 heterocycles. The van der Waals surface area contributed by atoms with E-state index in [1.807, 2.05) is 22.5 Å². The predicted molar refractivity (Wildman–Crippen MR) is 90.5 cm³/mol. The Hall–Kier alpha value is -2.18. The van der Waals surface area contributed by atoms with E-state index in [2.05, 4.69) is 34.6 Å². The van der Waals surface area contributed by atoms with Crippen molar-refractivity contribution in [2.75, 3.05) is 0 Å². The second-order valence-corrected chi connectivity index (χ2v) is 6.88. The molecule has 1 aliphatic carbocycles. The van der Waals surface area contributed by atoms with Gasteiger partial charge in [0.1, 0.15) is 5.69 Å². The minimum atomic E-state index is 0.0473. The topological polar surface area (TPSA) is 77.6 Å². The van der Waals surface area contributed by atoms with E-state index >= 15 is 0 Å². The van der Waals surface area contributed by atoms with Crippen molar-refractivity contribution in [2.24, 2.45) is 5.92 Å². The Morgan fingerprint density at radius 2 is 2.12 bits per heavy atom. The van der Waals surface area contributed by atoms with E-state index in [1.165, 1.54) is 11.3 Å². The van der Waals surface area contributed by atoms with Crippen LogP contribution in [-0.2, 0) is 17.9 Å². The van der Waals surface area contributed by atoms with E-state index < -0.39 is 0 Å². The van der Waals surface area contributed by atoms with Gasteiger partial charge in [-0.2, -0.15) is 5.10 Å². The van der Waals surface area contributed by atoms with Crippen molar-refractivity contribution < 1.29 is 4.79 Å². The lowest BCUT2D eigenvalue weighted by Gasteiger charge is -2.19. The van der Waals surface area contributed by atoms with E-state index in [0.717, 1.165) is 37.2 Å². The summed E-state index contributed by atoms with van der Waals surface area (Å²) in [5.41, 5.74) is 4.37. The van der Waals surface area contributed by atoms with Gasteiger partial charge in [-0.25, -0.2) is 0 Å². The van der Waals surface area contributed by atoms with Gasteiger partial charge in [0.2, 0.25) is 5.91 Å². The third-order valence-electron chi connectivity index (χ3n) is 5.11. The average Bonchev–Trinajstić information content (AvgIpc) is 3.19. The number of aryl methyl sites for hydroxylation is 1. The Kier molecular flexibility index (Phi) is 4.69. The van der Waals surface area contributed by atoms with E-state index in [1.54, 1.807) is 6.92 Å². The van der Waals surface area contributed by atoms with Crippen LogP contribution in [0.3, 0.4) is 0 Å². The van der Waals surface area contributed by atoms with Crippen molar-refractivity contribution in [3.63, 3.8) is 0 Å². The molecule has 3 rings (SSSR count). The van der Waals surface area contributed by atoms with Crippen LogP contribution in [0.4, 0.5) is 0 Å². The van der Waals surface area contributed by atoms with Gasteiger partial charge < -0.3 is 5.32 Å². The number of nitrogens with one attached hydrogen (secondary N) is 1. The van der Waals surface area contributed by atoms with Crippen LogP contribution in [0.5, 0.6) is 0 Å². The highest BCUT2D eigenvalue weighted by Gasteiger charge is 2.28. The first-order valence-corrected chi connectivity index (χ1v) is 8.60. The summed E-state index contributed by atoms with van der Waals surface area (Å²) in [7, 11) is 0. The van der Waals surface area contributed by atoms with Crippen molar-refractivity contribution in [1.29, 1.82) is 0 Å². The Balaban J connectivity index is 1.65. The molecule has 24 heavy (non-hydrogen) atoms. The van der Waals surface area contributed by atoms with Crippen molar-refractivity contribution in [1.82, 2.24) is 30.1 Å². The quantitative estimate of drug-likeness (QED) is 0.906. The molecule has 1 saturated carbocycles. The summed E-state index contributed by atoms with van der Waals surface area (Å²) in [6.07, 6.45) is 5.32. The maximum Gasteiger partial charge on any atom is 0.217 e. The number of rotatable bonds is 5. The summed E-state index contributed by atoms with van der Waals surface area (Å²) in [5, 5.41) is 16.2. The third-order valence-corrected chi connectivity index (χ3v) is 5.11. The lowest BCUT2D eigenvalue weighted by atomic mass is 10.0. The van der Waals surface area contributed by atoms with Crippen molar-refractivity contribution in [2.45, 2.75) is 66.1 Å². The maximum atomic E-state index is 11.3. The summed E-state index contributed by atoms with van der Waals surface area (Å²) in [4.78, 5) is 11.3. The van der Waals surface area contributed by atoms with Gasteiger partial charge in [-0.15, -0.1) is 5.10 Å². The van der Waals surface area contributed by atoms with Crippen molar-refractivity contribution in [3.8, 4) is 0 Å². The van der Waals surface area contributed by atoms with E-state index in [-0.39, 0.29) is 11.9 Å². The summed E-state index contributed by atoms with van der Waals surface area (Å²) >= 11 is 0. The molecule has 0 spiro atoms. The van der Waals surface area contributed by atoms with Crippen LogP contribution < -0.4 is 5.32 Å². The fourth-order valence-corrected chi connectivity index (χ4v) is 3.54. The fourth-order valence-electron chi connectivity index (χ4n) is 3.54. The Morgan fingerprint density at radius 1 is 1.33 bits per heavy atom. The van der Waals surface area contributed by atoms with Crippen molar-refractivity contribution >= 4 is 5.91 Å². The molecule has 0 aliphatic heterocycles. The summed E-state index contributed by atoms with van der Waals surface area (Å²) < 4.78 is 3.88. The van der Waals surface area contributed by atoms with Crippen LogP contribution in [0, 0.1) is 26.7 Å². The van der Waals surface area contributed by atoms with Gasteiger partial charge in [0.15, 0.2) is 0 Å². The summed E-state index contributed by atoms with van der Waals surface area (Å²) in [6.45, 7) is 9.22. The Bertz CT molecular complexity index is 732. The number of carbonyl (C=O) groups is 1. The smallest absolute Gasteiger partial charge is 0.217 e. The number of aromatic nitrogens is 5. The normalized spacial score (nSPS) is 20.5. The lowest BCUT2D eigenvalue weighted by molar-refractivity contribution is -0.119. The number of hydrogen-bond donors (Lipinski definition) is 1. The molecule has 130 valence electrons.